The van der Waals surface area contributed by atoms with Gasteiger partial charge in [0.05, 0.1) is 20.3 Å². The standard InChI is InChI=1S/C24H30N2O3/c1-28-21-13-12-19(17-22(21)29-2)20-11-8-16-26(20)24(27)23(25-14-6-7-15-25)18-9-4-3-5-10-18/h3-5,9-10,12-13,17,20,23H,6-8,11,14-16H2,1-2H3/t20-,23+/m0/s1. The molecule has 0 aliphatic carbocycles. The van der Waals surface area contributed by atoms with Crippen LogP contribution in [0.4, 0.5) is 0 Å². The molecule has 2 aromatic rings. The number of methoxy groups -OCH3 is 2. The van der Waals surface area contributed by atoms with Gasteiger partial charge >= 0.3 is 0 Å². The maximum Gasteiger partial charge on any atom is 0.245 e. The van der Waals surface area contributed by atoms with Crippen molar-refractivity contribution < 1.29 is 14.3 Å². The van der Waals surface area contributed by atoms with Gasteiger partial charge in [-0.15, -0.1) is 0 Å². The Morgan fingerprint density at radius 1 is 0.931 bits per heavy atom. The monoisotopic (exact) mass is 394 g/mol. The van der Waals surface area contributed by atoms with Gasteiger partial charge in [0.2, 0.25) is 5.91 Å². The van der Waals surface area contributed by atoms with Gasteiger partial charge < -0.3 is 14.4 Å². The molecule has 2 aliphatic heterocycles. The number of ether oxygens (including phenoxy) is 2. The minimum absolute atomic E-state index is 0.0797. The molecule has 0 radical (unpaired) electrons. The second-order valence-corrected chi connectivity index (χ2v) is 7.86. The first kappa shape index (κ1) is 19.8. The zero-order valence-corrected chi connectivity index (χ0v) is 17.3. The highest BCUT2D eigenvalue weighted by Crippen LogP contribution is 2.39. The molecule has 2 aliphatic rings. The highest BCUT2D eigenvalue weighted by Gasteiger charge is 2.38. The third-order valence-corrected chi connectivity index (χ3v) is 6.18. The Hall–Kier alpha value is -2.53. The Morgan fingerprint density at radius 3 is 2.34 bits per heavy atom. The lowest BCUT2D eigenvalue weighted by molar-refractivity contribution is -0.138. The first-order valence-electron chi connectivity index (χ1n) is 10.5. The van der Waals surface area contributed by atoms with Crippen LogP contribution in [0.15, 0.2) is 48.5 Å². The molecule has 2 aromatic carbocycles. The molecular weight excluding hydrogens is 364 g/mol. The average molecular weight is 395 g/mol. The van der Waals surface area contributed by atoms with Crippen LogP contribution in [0.1, 0.15) is 48.9 Å². The molecular formula is C24H30N2O3. The largest absolute Gasteiger partial charge is 0.493 e. The maximum atomic E-state index is 13.8. The second kappa shape index (κ2) is 8.87. The molecule has 0 spiro atoms. The van der Waals surface area contributed by atoms with Gasteiger partial charge in [-0.3, -0.25) is 9.69 Å². The summed E-state index contributed by atoms with van der Waals surface area (Å²) >= 11 is 0. The SMILES string of the molecule is COc1ccc([C@@H]2CCCN2C(=O)[C@@H](c2ccccc2)N2CCCC2)cc1OC. The fourth-order valence-corrected chi connectivity index (χ4v) is 4.74. The molecule has 2 atom stereocenters. The van der Waals surface area contributed by atoms with E-state index in [-0.39, 0.29) is 18.0 Å². The normalized spacial score (nSPS) is 20.6. The molecule has 2 fully saturated rings. The summed E-state index contributed by atoms with van der Waals surface area (Å²) in [5.41, 5.74) is 2.21. The lowest BCUT2D eigenvalue weighted by Crippen LogP contribution is -2.42. The van der Waals surface area contributed by atoms with Gasteiger partial charge in [-0.1, -0.05) is 36.4 Å². The summed E-state index contributed by atoms with van der Waals surface area (Å²) in [5.74, 6) is 1.64. The van der Waals surface area contributed by atoms with Crippen LogP contribution < -0.4 is 9.47 Å². The van der Waals surface area contributed by atoms with E-state index >= 15 is 0 Å². The topological polar surface area (TPSA) is 42.0 Å². The van der Waals surface area contributed by atoms with Crippen molar-refractivity contribution >= 4 is 5.91 Å². The van der Waals surface area contributed by atoms with Gasteiger partial charge in [0.1, 0.15) is 6.04 Å². The number of rotatable bonds is 6. The number of carbonyl (C=O) groups is 1. The van der Waals surface area contributed by atoms with E-state index in [9.17, 15) is 4.79 Å². The average Bonchev–Trinajstić information content (AvgIpc) is 3.46. The number of likely N-dealkylation sites (tertiary alicyclic amines) is 2. The van der Waals surface area contributed by atoms with Crippen LogP contribution in [0.5, 0.6) is 11.5 Å². The third kappa shape index (κ3) is 3.97. The molecule has 1 amide bonds. The molecule has 29 heavy (non-hydrogen) atoms. The van der Waals surface area contributed by atoms with E-state index in [1.165, 1.54) is 0 Å². The Balaban J connectivity index is 1.63. The summed E-state index contributed by atoms with van der Waals surface area (Å²) in [4.78, 5) is 18.3. The molecule has 154 valence electrons. The number of benzene rings is 2. The lowest BCUT2D eigenvalue weighted by atomic mass is 10.0. The van der Waals surface area contributed by atoms with Crippen LogP contribution >= 0.6 is 0 Å². The van der Waals surface area contributed by atoms with Crippen molar-refractivity contribution in [2.45, 2.75) is 37.8 Å². The zero-order chi connectivity index (χ0) is 20.2. The van der Waals surface area contributed by atoms with Gasteiger partial charge in [-0.05, 0) is 62.0 Å². The van der Waals surface area contributed by atoms with E-state index in [4.69, 9.17) is 9.47 Å². The fraction of sp³-hybridized carbons (Fsp3) is 0.458. The lowest BCUT2D eigenvalue weighted by Gasteiger charge is -2.34. The summed E-state index contributed by atoms with van der Waals surface area (Å²) < 4.78 is 10.9. The highest BCUT2D eigenvalue weighted by molar-refractivity contribution is 5.84. The van der Waals surface area contributed by atoms with Crippen LogP contribution in [-0.2, 0) is 4.79 Å². The predicted octanol–water partition coefficient (Wildman–Crippen LogP) is 4.20. The number of carbonyl (C=O) groups excluding carboxylic acids is 1. The minimum atomic E-state index is -0.195. The molecule has 0 saturated carbocycles. The van der Waals surface area contributed by atoms with Crippen molar-refractivity contribution in [3.8, 4) is 11.5 Å². The van der Waals surface area contributed by atoms with Gasteiger partial charge in [-0.25, -0.2) is 0 Å². The van der Waals surface area contributed by atoms with Gasteiger partial charge in [0.25, 0.3) is 0 Å². The second-order valence-electron chi connectivity index (χ2n) is 7.86. The molecule has 4 rings (SSSR count). The Labute approximate surface area is 173 Å². The minimum Gasteiger partial charge on any atom is -0.493 e. The van der Waals surface area contributed by atoms with E-state index in [1.807, 2.05) is 30.3 Å². The number of hydrogen-bond donors (Lipinski definition) is 0. The quantitative estimate of drug-likeness (QED) is 0.736. The fourth-order valence-electron chi connectivity index (χ4n) is 4.74. The van der Waals surface area contributed by atoms with Crippen LogP contribution in [0, 0.1) is 0 Å². The highest BCUT2D eigenvalue weighted by atomic mass is 16.5. The Bertz CT molecular complexity index is 833. The third-order valence-electron chi connectivity index (χ3n) is 6.18. The van der Waals surface area contributed by atoms with Crippen molar-refractivity contribution in [3.05, 3.63) is 59.7 Å². The van der Waals surface area contributed by atoms with Crippen LogP contribution in [0.2, 0.25) is 0 Å². The molecule has 5 heteroatoms. The van der Waals surface area contributed by atoms with Crippen LogP contribution in [0.3, 0.4) is 0 Å². The van der Waals surface area contributed by atoms with E-state index < -0.39 is 0 Å². The van der Waals surface area contributed by atoms with E-state index in [1.54, 1.807) is 14.2 Å². The van der Waals surface area contributed by atoms with Crippen molar-refractivity contribution in [2.24, 2.45) is 0 Å². The number of hydrogen-bond acceptors (Lipinski definition) is 4. The van der Waals surface area contributed by atoms with Gasteiger partial charge in [-0.2, -0.15) is 0 Å². The molecule has 0 bridgehead atoms. The zero-order valence-electron chi connectivity index (χ0n) is 17.3. The van der Waals surface area contributed by atoms with Crippen LogP contribution in [0.25, 0.3) is 0 Å². The van der Waals surface area contributed by atoms with Crippen molar-refractivity contribution in [1.82, 2.24) is 9.80 Å². The number of nitrogens with zero attached hydrogens (tertiary/aromatic N) is 2. The predicted molar refractivity (Wildman–Crippen MR) is 113 cm³/mol. The summed E-state index contributed by atoms with van der Waals surface area (Å²) in [6.45, 7) is 2.77. The molecule has 0 N–H and O–H groups in total. The van der Waals surface area contributed by atoms with E-state index in [0.29, 0.717) is 11.5 Å². The van der Waals surface area contributed by atoms with Crippen molar-refractivity contribution in [1.29, 1.82) is 0 Å². The summed E-state index contributed by atoms with van der Waals surface area (Å²) in [6, 6.07) is 16.1. The Morgan fingerprint density at radius 2 is 1.66 bits per heavy atom. The smallest absolute Gasteiger partial charge is 0.245 e. The molecule has 2 saturated heterocycles. The van der Waals surface area contributed by atoms with Crippen molar-refractivity contribution in [3.63, 3.8) is 0 Å². The Kier molecular flexibility index (Phi) is 6.05. The van der Waals surface area contributed by atoms with Gasteiger partial charge in [0.15, 0.2) is 11.5 Å². The first-order valence-corrected chi connectivity index (χ1v) is 10.5. The summed E-state index contributed by atoms with van der Waals surface area (Å²) in [5, 5.41) is 0. The summed E-state index contributed by atoms with van der Waals surface area (Å²) in [7, 11) is 3.29. The maximum absolute atomic E-state index is 13.8. The molecule has 2 heterocycles. The van der Waals surface area contributed by atoms with E-state index in [0.717, 1.165) is 56.4 Å². The van der Waals surface area contributed by atoms with Gasteiger partial charge in [0, 0.05) is 6.54 Å². The van der Waals surface area contributed by atoms with Crippen LogP contribution in [-0.4, -0.2) is 49.6 Å². The summed E-state index contributed by atoms with van der Waals surface area (Å²) in [6.07, 6.45) is 4.32. The molecule has 5 nitrogen and oxygen atoms in total. The van der Waals surface area contributed by atoms with Crippen molar-refractivity contribution in [2.75, 3.05) is 33.9 Å². The molecule has 0 unspecified atom stereocenters. The number of amides is 1. The first-order chi connectivity index (χ1) is 14.2. The van der Waals surface area contributed by atoms with E-state index in [2.05, 4.69) is 28.0 Å². The molecule has 0 aromatic heterocycles.